The first kappa shape index (κ1) is 15.4. The quantitative estimate of drug-likeness (QED) is 0.838. The van der Waals surface area contributed by atoms with Crippen LogP contribution in [0.1, 0.15) is 70.6 Å². The summed E-state index contributed by atoms with van der Waals surface area (Å²) in [6.07, 6.45) is 9.69. The number of carboxylic acids is 1. The van der Waals surface area contributed by atoms with E-state index in [0.717, 1.165) is 44.9 Å². The first-order valence-corrected chi connectivity index (χ1v) is 9.16. The number of carbonyl (C=O) groups is 2. The lowest BCUT2D eigenvalue weighted by atomic mass is 9.57. The van der Waals surface area contributed by atoms with E-state index >= 15 is 0 Å². The number of amides is 1. The highest BCUT2D eigenvalue weighted by molar-refractivity contribution is 5.80. The number of rotatable bonds is 3. The molecule has 0 aromatic rings. The van der Waals surface area contributed by atoms with Gasteiger partial charge in [-0.05, 0) is 70.6 Å². The van der Waals surface area contributed by atoms with Crippen molar-refractivity contribution < 1.29 is 19.4 Å². The summed E-state index contributed by atoms with van der Waals surface area (Å²) in [4.78, 5) is 24.3. The van der Waals surface area contributed by atoms with Crippen LogP contribution in [0.3, 0.4) is 0 Å². The normalized spacial score (nSPS) is 41.3. The summed E-state index contributed by atoms with van der Waals surface area (Å²) in [6.45, 7) is 0.702. The van der Waals surface area contributed by atoms with Crippen molar-refractivity contribution in [3.8, 4) is 0 Å². The lowest BCUT2D eigenvalue weighted by molar-refractivity contribution is -0.162. The van der Waals surface area contributed by atoms with Gasteiger partial charge in [0.05, 0.1) is 11.0 Å². The minimum absolute atomic E-state index is 0.00445. The number of ether oxygens (including phenoxy) is 1. The van der Waals surface area contributed by atoms with Crippen molar-refractivity contribution >= 4 is 11.9 Å². The number of nitrogens with one attached hydrogen (secondary N) is 1. The zero-order valence-electron chi connectivity index (χ0n) is 13.7. The van der Waals surface area contributed by atoms with Gasteiger partial charge in [0.25, 0.3) is 0 Å². The van der Waals surface area contributed by atoms with Crippen molar-refractivity contribution in [3.63, 3.8) is 0 Å². The highest BCUT2D eigenvalue weighted by atomic mass is 16.5. The first-order chi connectivity index (χ1) is 11.0. The second-order valence-corrected chi connectivity index (χ2v) is 8.43. The second kappa shape index (κ2) is 5.20. The Morgan fingerprint density at radius 2 is 1.65 bits per heavy atom. The predicted octanol–water partition coefficient (Wildman–Crippen LogP) is 2.63. The number of hydrogen-bond donors (Lipinski definition) is 2. The lowest BCUT2D eigenvalue weighted by Gasteiger charge is -2.52. The van der Waals surface area contributed by atoms with Crippen LogP contribution >= 0.6 is 0 Å². The molecular formula is C18H27NO4. The number of carbonyl (C=O) groups excluding carboxylic acids is 1. The van der Waals surface area contributed by atoms with Crippen LogP contribution in [0.4, 0.5) is 0 Å². The maximum atomic E-state index is 12.8. The predicted molar refractivity (Wildman–Crippen MR) is 83.9 cm³/mol. The Labute approximate surface area is 137 Å². The van der Waals surface area contributed by atoms with E-state index in [-0.39, 0.29) is 23.0 Å². The van der Waals surface area contributed by atoms with E-state index in [4.69, 9.17) is 4.74 Å². The molecule has 1 aliphatic heterocycles. The van der Waals surface area contributed by atoms with Gasteiger partial charge in [-0.2, -0.15) is 0 Å². The zero-order valence-corrected chi connectivity index (χ0v) is 13.7. The molecule has 5 aliphatic rings. The van der Waals surface area contributed by atoms with Gasteiger partial charge in [0.1, 0.15) is 0 Å². The molecule has 2 bridgehead atoms. The minimum Gasteiger partial charge on any atom is -0.481 e. The highest BCUT2D eigenvalue weighted by Gasteiger charge is 2.54. The van der Waals surface area contributed by atoms with Crippen molar-refractivity contribution in [2.45, 2.75) is 81.8 Å². The van der Waals surface area contributed by atoms with Gasteiger partial charge >= 0.3 is 5.97 Å². The molecule has 4 aliphatic carbocycles. The molecule has 2 N–H and O–H groups in total. The molecule has 0 aromatic heterocycles. The van der Waals surface area contributed by atoms with E-state index < -0.39 is 11.4 Å². The first-order valence-electron chi connectivity index (χ1n) is 9.16. The number of aliphatic carboxylic acids is 1. The van der Waals surface area contributed by atoms with Gasteiger partial charge < -0.3 is 15.2 Å². The average Bonchev–Trinajstić information content (AvgIpc) is 2.55. The lowest BCUT2D eigenvalue weighted by Crippen LogP contribution is -2.60. The second-order valence-electron chi connectivity index (χ2n) is 8.43. The Hall–Kier alpha value is -1.10. The van der Waals surface area contributed by atoms with Crippen LogP contribution in [0.25, 0.3) is 0 Å². The molecule has 1 amide bonds. The zero-order chi connectivity index (χ0) is 16.1. The smallest absolute Gasteiger partial charge is 0.309 e. The number of carboxylic acid groups (broad SMARTS) is 1. The van der Waals surface area contributed by atoms with E-state index in [0.29, 0.717) is 25.9 Å². The van der Waals surface area contributed by atoms with Gasteiger partial charge in [0.2, 0.25) is 5.91 Å². The number of fused-ring (bicyclic) bond motifs is 3. The van der Waals surface area contributed by atoms with Crippen LogP contribution in [-0.4, -0.2) is 34.7 Å². The van der Waals surface area contributed by atoms with Gasteiger partial charge in [-0.1, -0.05) is 0 Å². The molecular weight excluding hydrogens is 294 g/mol. The summed E-state index contributed by atoms with van der Waals surface area (Å²) >= 11 is 0. The topological polar surface area (TPSA) is 75.6 Å². The Kier molecular flexibility index (Phi) is 3.49. The van der Waals surface area contributed by atoms with E-state index in [1.165, 1.54) is 6.42 Å². The number of hydrogen-bond acceptors (Lipinski definition) is 3. The van der Waals surface area contributed by atoms with Crippen LogP contribution in [0.15, 0.2) is 0 Å². The molecule has 1 unspecified atom stereocenters. The van der Waals surface area contributed by atoms with Crippen molar-refractivity contribution in [1.82, 2.24) is 5.32 Å². The van der Waals surface area contributed by atoms with Gasteiger partial charge in [-0.3, -0.25) is 9.59 Å². The van der Waals surface area contributed by atoms with E-state index in [1.807, 2.05) is 0 Å². The molecule has 5 rings (SSSR count). The standard InChI is InChI=1S/C18H27NO4/c20-14(13-2-11-23-18(12-13)3-1-4-18)19-17-8-5-16(6-9-17,7-10-17)15(21)22/h13H,1-12H2,(H,19,20)(H,21,22). The third kappa shape index (κ3) is 2.48. The van der Waals surface area contributed by atoms with Crippen LogP contribution in [-0.2, 0) is 14.3 Å². The van der Waals surface area contributed by atoms with Gasteiger partial charge in [-0.25, -0.2) is 0 Å². The third-order valence-corrected chi connectivity index (χ3v) is 7.22. The average molecular weight is 321 g/mol. The fourth-order valence-electron chi connectivity index (χ4n) is 5.23. The minimum atomic E-state index is -0.645. The van der Waals surface area contributed by atoms with Crippen molar-refractivity contribution in [1.29, 1.82) is 0 Å². The monoisotopic (exact) mass is 321 g/mol. The fourth-order valence-corrected chi connectivity index (χ4v) is 5.23. The summed E-state index contributed by atoms with van der Waals surface area (Å²) in [7, 11) is 0. The summed E-state index contributed by atoms with van der Waals surface area (Å²) < 4.78 is 5.93. The van der Waals surface area contributed by atoms with Crippen molar-refractivity contribution in [3.05, 3.63) is 0 Å². The van der Waals surface area contributed by atoms with Crippen LogP contribution in [0.5, 0.6) is 0 Å². The molecule has 0 aromatic carbocycles. The van der Waals surface area contributed by atoms with E-state index in [1.54, 1.807) is 0 Å². The molecule has 0 radical (unpaired) electrons. The van der Waals surface area contributed by atoms with E-state index in [9.17, 15) is 14.7 Å². The molecule has 1 saturated heterocycles. The summed E-state index contributed by atoms with van der Waals surface area (Å²) in [5, 5.41) is 12.8. The molecule has 1 atom stereocenters. The molecule has 5 fully saturated rings. The van der Waals surface area contributed by atoms with Crippen LogP contribution in [0, 0.1) is 11.3 Å². The molecule has 1 spiro atoms. The fraction of sp³-hybridized carbons (Fsp3) is 0.889. The van der Waals surface area contributed by atoms with Crippen LogP contribution in [0.2, 0.25) is 0 Å². The molecule has 23 heavy (non-hydrogen) atoms. The van der Waals surface area contributed by atoms with E-state index in [2.05, 4.69) is 5.32 Å². The third-order valence-electron chi connectivity index (χ3n) is 7.22. The molecule has 1 heterocycles. The van der Waals surface area contributed by atoms with Gasteiger partial charge in [-0.15, -0.1) is 0 Å². The molecule has 4 saturated carbocycles. The summed E-state index contributed by atoms with van der Waals surface area (Å²) in [5.74, 6) is -0.385. The van der Waals surface area contributed by atoms with Crippen LogP contribution < -0.4 is 5.32 Å². The Bertz CT molecular complexity index is 501. The highest BCUT2D eigenvalue weighted by Crippen LogP contribution is 2.53. The maximum absolute atomic E-state index is 12.8. The Morgan fingerprint density at radius 3 is 2.17 bits per heavy atom. The molecule has 5 nitrogen and oxygen atoms in total. The summed E-state index contributed by atoms with van der Waals surface area (Å²) in [6, 6.07) is 0. The molecule has 128 valence electrons. The van der Waals surface area contributed by atoms with Gasteiger partial charge in [0, 0.05) is 18.1 Å². The summed E-state index contributed by atoms with van der Waals surface area (Å²) in [5.41, 5.74) is -0.657. The SMILES string of the molecule is O=C(NC12CCC(C(=O)O)(CC1)CC2)C1CCOC2(CCC2)C1. The van der Waals surface area contributed by atoms with Crippen molar-refractivity contribution in [2.24, 2.45) is 11.3 Å². The van der Waals surface area contributed by atoms with Crippen molar-refractivity contribution in [2.75, 3.05) is 6.61 Å². The Balaban J connectivity index is 1.39. The largest absolute Gasteiger partial charge is 0.481 e. The van der Waals surface area contributed by atoms with Gasteiger partial charge in [0.15, 0.2) is 0 Å². The maximum Gasteiger partial charge on any atom is 0.309 e. The molecule has 5 heteroatoms. The Morgan fingerprint density at radius 1 is 1.00 bits per heavy atom.